The zero-order valence-electron chi connectivity index (χ0n) is 6.11. The molecule has 2 atom stereocenters. The zero-order chi connectivity index (χ0) is 7.40. The summed E-state index contributed by atoms with van der Waals surface area (Å²) in [6.45, 7) is 0.994. The van der Waals surface area contributed by atoms with Gasteiger partial charge in [0, 0.05) is 0 Å². The molecular weight excluding hydrogens is 191 g/mol. The third kappa shape index (κ3) is 2.08. The molecule has 1 unspecified atom stereocenters. The predicted molar refractivity (Wildman–Crippen MR) is 42.2 cm³/mol. The number of hydrazine groups is 1. The van der Waals surface area contributed by atoms with E-state index in [1.54, 1.807) is 0 Å². The van der Waals surface area contributed by atoms with Crippen molar-refractivity contribution in [2.24, 2.45) is 0 Å². The van der Waals surface area contributed by atoms with Crippen LogP contribution in [0.4, 0.5) is 0 Å². The molecule has 0 aromatic heterocycles. The Balaban J connectivity index is 2.31. The molecule has 10 heavy (non-hydrogen) atoms. The number of hydrogen-bond acceptors (Lipinski definition) is 3. The van der Waals surface area contributed by atoms with E-state index in [-0.39, 0.29) is 21.8 Å². The average molecular weight is 204 g/mol. The van der Waals surface area contributed by atoms with Gasteiger partial charge in [-0.2, -0.15) is 0 Å². The van der Waals surface area contributed by atoms with Crippen LogP contribution in [-0.2, 0) is 4.79 Å². The van der Waals surface area contributed by atoms with Crippen LogP contribution in [0.5, 0.6) is 0 Å². The topological polar surface area (TPSA) is 41.1 Å². The van der Waals surface area contributed by atoms with Crippen molar-refractivity contribution in [2.75, 3.05) is 6.54 Å². The van der Waals surface area contributed by atoms with E-state index in [0.29, 0.717) is 4.57 Å². The molecule has 1 rings (SSSR count). The van der Waals surface area contributed by atoms with Gasteiger partial charge in [0.05, 0.1) is 0 Å². The summed E-state index contributed by atoms with van der Waals surface area (Å²) in [6.07, 6.45) is 2.14. The van der Waals surface area contributed by atoms with Crippen molar-refractivity contribution in [2.45, 2.75) is 24.6 Å². The molecule has 0 aromatic carbocycles. The van der Waals surface area contributed by atoms with Crippen LogP contribution in [0.15, 0.2) is 0 Å². The van der Waals surface area contributed by atoms with E-state index in [4.69, 9.17) is 0 Å². The number of carbonyl (C=O) groups excluding carboxylic acids is 1. The minimum absolute atomic E-state index is 0.124. The predicted octanol–water partition coefficient (Wildman–Crippen LogP) is -0.746. The normalized spacial score (nSPS) is 27.5. The zero-order valence-corrected chi connectivity index (χ0v) is 8.20. The monoisotopic (exact) mass is 204 g/mol. The van der Waals surface area contributed by atoms with Crippen molar-refractivity contribution in [3.05, 3.63) is 0 Å². The van der Waals surface area contributed by atoms with Crippen LogP contribution in [-0.4, -0.2) is 32.9 Å². The van der Waals surface area contributed by atoms with E-state index < -0.39 is 0 Å². The summed E-state index contributed by atoms with van der Waals surface area (Å²) in [6, 6.07) is 0.124. The number of nitrogens with one attached hydrogen (secondary N) is 2. The molecule has 58 valence electrons. The Bertz CT molecular complexity index is 123. The maximum absolute atomic E-state index is 11.1. The number of hydrogen-bond donors (Lipinski definition) is 2. The van der Waals surface area contributed by atoms with Crippen LogP contribution in [0.2, 0.25) is 5.71 Å². The summed E-state index contributed by atoms with van der Waals surface area (Å²) in [7, 11) is 0. The van der Waals surface area contributed by atoms with Crippen LogP contribution in [0.25, 0.3) is 0 Å². The SMILES string of the molecule is C[AsH]C(=O)[C@@H]1CCCNN1. The van der Waals surface area contributed by atoms with Crippen molar-refractivity contribution < 1.29 is 4.79 Å². The third-order valence-electron chi connectivity index (χ3n) is 1.63. The molecule has 0 radical (unpaired) electrons. The van der Waals surface area contributed by atoms with Gasteiger partial charge in [0.25, 0.3) is 0 Å². The molecule has 1 heterocycles. The van der Waals surface area contributed by atoms with Crippen molar-refractivity contribution in [1.82, 2.24) is 10.9 Å². The molecule has 0 saturated carbocycles. The van der Waals surface area contributed by atoms with Gasteiger partial charge in [0.15, 0.2) is 0 Å². The van der Waals surface area contributed by atoms with Gasteiger partial charge in [0.1, 0.15) is 0 Å². The fourth-order valence-electron chi connectivity index (χ4n) is 1.03. The van der Waals surface area contributed by atoms with E-state index in [1.165, 1.54) is 0 Å². The summed E-state index contributed by atoms with van der Waals surface area (Å²) >= 11 is -0.339. The van der Waals surface area contributed by atoms with Gasteiger partial charge in [-0.3, -0.25) is 0 Å². The molecule has 3 nitrogen and oxygen atoms in total. The second-order valence-corrected chi connectivity index (χ2v) is 4.46. The van der Waals surface area contributed by atoms with Gasteiger partial charge in [-0.15, -0.1) is 0 Å². The van der Waals surface area contributed by atoms with Crippen molar-refractivity contribution in [3.63, 3.8) is 0 Å². The first-order valence-electron chi connectivity index (χ1n) is 3.54. The molecule has 0 aliphatic carbocycles. The molecule has 1 aliphatic heterocycles. The van der Waals surface area contributed by atoms with Crippen LogP contribution in [0, 0.1) is 0 Å². The molecule has 4 heteroatoms. The Morgan fingerprint density at radius 2 is 2.50 bits per heavy atom. The molecule has 1 fully saturated rings. The van der Waals surface area contributed by atoms with Gasteiger partial charge in [-0.25, -0.2) is 0 Å². The van der Waals surface area contributed by atoms with Gasteiger partial charge in [-0.1, -0.05) is 0 Å². The van der Waals surface area contributed by atoms with E-state index in [1.807, 2.05) is 5.71 Å². The Kier molecular flexibility index (Phi) is 3.39. The number of rotatable bonds is 2. The molecule has 0 aromatic rings. The second kappa shape index (κ2) is 4.12. The van der Waals surface area contributed by atoms with Crippen LogP contribution < -0.4 is 10.9 Å². The summed E-state index contributed by atoms with van der Waals surface area (Å²) in [5, 5.41) is 0. The van der Waals surface area contributed by atoms with Crippen LogP contribution in [0.3, 0.4) is 0 Å². The van der Waals surface area contributed by atoms with Crippen LogP contribution >= 0.6 is 0 Å². The van der Waals surface area contributed by atoms with Crippen molar-refractivity contribution in [1.29, 1.82) is 0 Å². The maximum atomic E-state index is 11.1. The third-order valence-corrected chi connectivity index (χ3v) is 3.40. The molecule has 0 amide bonds. The van der Waals surface area contributed by atoms with Crippen molar-refractivity contribution >= 4 is 20.3 Å². The van der Waals surface area contributed by atoms with Gasteiger partial charge >= 0.3 is 67.1 Å². The Labute approximate surface area is 67.6 Å². The van der Waals surface area contributed by atoms with E-state index in [2.05, 4.69) is 10.9 Å². The first kappa shape index (κ1) is 8.25. The van der Waals surface area contributed by atoms with E-state index in [0.717, 1.165) is 19.4 Å². The molecule has 1 saturated heterocycles. The molecule has 1 aliphatic rings. The summed E-state index contributed by atoms with van der Waals surface area (Å²) in [5.41, 5.74) is 8.03. The molecule has 0 bridgehead atoms. The van der Waals surface area contributed by atoms with Crippen LogP contribution in [0.1, 0.15) is 12.8 Å². The second-order valence-electron chi connectivity index (χ2n) is 2.38. The van der Waals surface area contributed by atoms with Gasteiger partial charge in [0.2, 0.25) is 0 Å². The first-order valence-corrected chi connectivity index (χ1v) is 6.69. The fourth-order valence-corrected chi connectivity index (χ4v) is 2.22. The average Bonchev–Trinajstić information content (AvgIpc) is 2.05. The first-order chi connectivity index (χ1) is 4.84. The summed E-state index contributed by atoms with van der Waals surface area (Å²) in [4.78, 5) is 11.1. The van der Waals surface area contributed by atoms with Gasteiger partial charge < -0.3 is 0 Å². The van der Waals surface area contributed by atoms with E-state index in [9.17, 15) is 4.79 Å². The Hall–Kier alpha value is 0.148. The molecule has 2 N–H and O–H groups in total. The van der Waals surface area contributed by atoms with Gasteiger partial charge in [-0.05, 0) is 0 Å². The fraction of sp³-hybridized carbons (Fsp3) is 0.833. The molecular formula is C6H13AsN2O. The minimum atomic E-state index is -0.339. The Morgan fingerprint density at radius 3 is 3.00 bits per heavy atom. The number of carbonyl (C=O) groups is 1. The standard InChI is InChI=1S/C6H13AsN2O/c1-7-6(10)5-3-2-4-8-9-5/h5,7-9H,2-4H2,1H3/t5-/m0/s1. The molecule has 0 spiro atoms. The summed E-state index contributed by atoms with van der Waals surface area (Å²) in [5.74, 6) is 0. The van der Waals surface area contributed by atoms with Crippen molar-refractivity contribution in [3.8, 4) is 0 Å². The quantitative estimate of drug-likeness (QED) is 0.582. The van der Waals surface area contributed by atoms with E-state index >= 15 is 0 Å². The summed E-state index contributed by atoms with van der Waals surface area (Å²) < 4.78 is 0.437. The Morgan fingerprint density at radius 1 is 1.70 bits per heavy atom.